The molecule has 0 spiro atoms. The third-order valence-electron chi connectivity index (χ3n) is 5.32. The lowest BCUT2D eigenvalue weighted by Gasteiger charge is -2.18. The molecule has 0 bridgehead atoms. The molecule has 1 saturated carbocycles. The van der Waals surface area contributed by atoms with Crippen LogP contribution in [0.4, 0.5) is 11.5 Å². The van der Waals surface area contributed by atoms with Crippen molar-refractivity contribution in [3.63, 3.8) is 0 Å². The Morgan fingerprint density at radius 3 is 2.81 bits per heavy atom. The zero-order valence-electron chi connectivity index (χ0n) is 15.7. The third kappa shape index (κ3) is 3.73. The first kappa shape index (κ1) is 17.7. The van der Waals surface area contributed by atoms with Gasteiger partial charge in [-0.15, -0.1) is 0 Å². The van der Waals surface area contributed by atoms with Gasteiger partial charge in [0.1, 0.15) is 23.5 Å². The molecule has 27 heavy (non-hydrogen) atoms. The molecule has 1 atom stereocenters. The number of benzene rings is 1. The van der Waals surface area contributed by atoms with Crippen LogP contribution in [0.2, 0.25) is 0 Å². The Bertz CT molecular complexity index is 865. The zero-order valence-corrected chi connectivity index (χ0v) is 15.7. The molecule has 0 radical (unpaired) electrons. The predicted molar refractivity (Wildman–Crippen MR) is 105 cm³/mol. The van der Waals surface area contributed by atoms with Gasteiger partial charge in [-0.25, -0.2) is 9.97 Å². The second kappa shape index (κ2) is 6.81. The number of nitrogens with two attached hydrogens (primary N) is 1. The number of nitrogens with one attached hydrogen (secondary N) is 1. The van der Waals surface area contributed by atoms with Crippen LogP contribution in [0.25, 0.3) is 0 Å². The molecular formula is C20H25N5O2. The number of hydrogen-bond donors (Lipinski definition) is 2. The first-order valence-corrected chi connectivity index (χ1v) is 9.25. The molecule has 142 valence electrons. The van der Waals surface area contributed by atoms with E-state index in [4.69, 9.17) is 20.6 Å². The van der Waals surface area contributed by atoms with Gasteiger partial charge in [0.25, 0.3) is 0 Å². The van der Waals surface area contributed by atoms with Crippen LogP contribution in [-0.4, -0.2) is 47.6 Å². The number of anilines is 2. The van der Waals surface area contributed by atoms with Crippen LogP contribution < -0.4 is 15.4 Å². The monoisotopic (exact) mass is 367 g/mol. The fourth-order valence-electron chi connectivity index (χ4n) is 3.30. The standard InChI is InChI=1S/C20H25N5O2/c1-20(6-7-20)27-13-3-4-16(21)15(9-13)19(22)17-10-18(24-12-23-17)25-8-5-14(11-25)26-2/h3-4,9-10,12,14,22H,5-8,11,21H2,1-2H3/t14-/m0/s1. The highest BCUT2D eigenvalue weighted by Gasteiger charge is 2.40. The molecule has 1 aliphatic heterocycles. The van der Waals surface area contributed by atoms with E-state index in [1.165, 1.54) is 6.33 Å². The molecule has 4 rings (SSSR count). The first-order valence-electron chi connectivity index (χ1n) is 9.25. The lowest BCUT2D eigenvalue weighted by Crippen LogP contribution is -2.23. The van der Waals surface area contributed by atoms with E-state index >= 15 is 0 Å². The van der Waals surface area contributed by atoms with Gasteiger partial charge in [-0.1, -0.05) is 0 Å². The second-order valence-corrected chi connectivity index (χ2v) is 7.53. The number of methoxy groups -OCH3 is 1. The summed E-state index contributed by atoms with van der Waals surface area (Å²) in [6.45, 7) is 3.77. The van der Waals surface area contributed by atoms with Gasteiger partial charge < -0.3 is 20.1 Å². The summed E-state index contributed by atoms with van der Waals surface area (Å²) < 4.78 is 11.4. The van der Waals surface area contributed by atoms with Crippen LogP contribution in [0.3, 0.4) is 0 Å². The molecule has 1 aromatic heterocycles. The Labute approximate surface area is 159 Å². The zero-order chi connectivity index (χ0) is 19.0. The van der Waals surface area contributed by atoms with E-state index in [1.54, 1.807) is 13.2 Å². The van der Waals surface area contributed by atoms with Gasteiger partial charge in [0, 0.05) is 37.5 Å². The smallest absolute Gasteiger partial charge is 0.132 e. The summed E-state index contributed by atoms with van der Waals surface area (Å²) in [5.41, 5.74) is 8.03. The number of hydrogen-bond acceptors (Lipinski definition) is 7. The normalized spacial score (nSPS) is 20.5. The summed E-state index contributed by atoms with van der Waals surface area (Å²) in [4.78, 5) is 10.8. The van der Waals surface area contributed by atoms with E-state index in [9.17, 15) is 0 Å². The fourth-order valence-corrected chi connectivity index (χ4v) is 3.30. The summed E-state index contributed by atoms with van der Waals surface area (Å²) >= 11 is 0. The van der Waals surface area contributed by atoms with E-state index in [0.29, 0.717) is 16.9 Å². The summed E-state index contributed by atoms with van der Waals surface area (Å²) in [5, 5.41) is 8.63. The van der Waals surface area contributed by atoms with Crippen molar-refractivity contribution in [2.75, 3.05) is 30.8 Å². The van der Waals surface area contributed by atoms with E-state index in [1.807, 2.05) is 18.2 Å². The number of aromatic nitrogens is 2. The van der Waals surface area contributed by atoms with Gasteiger partial charge in [0.05, 0.1) is 17.5 Å². The van der Waals surface area contributed by atoms with Gasteiger partial charge in [-0.2, -0.15) is 0 Å². The average molecular weight is 367 g/mol. The molecule has 1 aromatic carbocycles. The van der Waals surface area contributed by atoms with Gasteiger partial charge in [0.15, 0.2) is 0 Å². The van der Waals surface area contributed by atoms with Crippen molar-refractivity contribution in [2.24, 2.45) is 0 Å². The topological polar surface area (TPSA) is 97.3 Å². The Hall–Kier alpha value is -2.67. The molecule has 7 nitrogen and oxygen atoms in total. The molecule has 2 aromatic rings. The Morgan fingerprint density at radius 2 is 2.11 bits per heavy atom. The molecule has 0 unspecified atom stereocenters. The summed E-state index contributed by atoms with van der Waals surface area (Å²) in [5.74, 6) is 1.54. The van der Waals surface area contributed by atoms with Crippen LogP contribution in [0.1, 0.15) is 37.4 Å². The van der Waals surface area contributed by atoms with Crippen molar-refractivity contribution in [1.29, 1.82) is 5.41 Å². The van der Waals surface area contributed by atoms with Crippen LogP contribution >= 0.6 is 0 Å². The highest BCUT2D eigenvalue weighted by Crippen LogP contribution is 2.40. The quantitative estimate of drug-likeness (QED) is 0.602. The summed E-state index contributed by atoms with van der Waals surface area (Å²) in [6.07, 6.45) is 4.80. The molecule has 2 heterocycles. The molecule has 1 aliphatic carbocycles. The van der Waals surface area contributed by atoms with Crippen molar-refractivity contribution in [3.05, 3.63) is 41.9 Å². The number of nitrogens with zero attached hydrogens (tertiary/aromatic N) is 3. The van der Waals surface area contributed by atoms with Crippen molar-refractivity contribution >= 4 is 17.2 Å². The highest BCUT2D eigenvalue weighted by molar-refractivity contribution is 6.13. The lowest BCUT2D eigenvalue weighted by molar-refractivity contribution is 0.121. The Kier molecular flexibility index (Phi) is 4.47. The summed E-state index contributed by atoms with van der Waals surface area (Å²) in [7, 11) is 1.73. The van der Waals surface area contributed by atoms with Crippen LogP contribution in [-0.2, 0) is 4.74 Å². The van der Waals surface area contributed by atoms with E-state index in [-0.39, 0.29) is 17.4 Å². The van der Waals surface area contributed by atoms with Crippen molar-refractivity contribution < 1.29 is 9.47 Å². The maximum atomic E-state index is 8.63. The van der Waals surface area contributed by atoms with Crippen LogP contribution in [0.15, 0.2) is 30.6 Å². The molecule has 2 aliphatic rings. The number of nitrogen functional groups attached to an aromatic ring is 1. The lowest BCUT2D eigenvalue weighted by atomic mass is 10.0. The minimum Gasteiger partial charge on any atom is -0.488 e. The minimum atomic E-state index is -0.0781. The van der Waals surface area contributed by atoms with Crippen molar-refractivity contribution in [1.82, 2.24) is 9.97 Å². The van der Waals surface area contributed by atoms with Crippen LogP contribution in [0, 0.1) is 5.41 Å². The van der Waals surface area contributed by atoms with E-state index < -0.39 is 0 Å². The highest BCUT2D eigenvalue weighted by atomic mass is 16.5. The van der Waals surface area contributed by atoms with Crippen molar-refractivity contribution in [3.8, 4) is 5.75 Å². The Morgan fingerprint density at radius 1 is 1.30 bits per heavy atom. The predicted octanol–water partition coefficient (Wildman–Crippen LogP) is 2.63. The molecule has 7 heteroatoms. The van der Waals surface area contributed by atoms with Crippen molar-refractivity contribution in [2.45, 2.75) is 37.9 Å². The number of rotatable bonds is 6. The molecule has 1 saturated heterocycles. The molecule has 2 fully saturated rings. The molecule has 0 amide bonds. The largest absolute Gasteiger partial charge is 0.488 e. The molecular weight excluding hydrogens is 342 g/mol. The van der Waals surface area contributed by atoms with Gasteiger partial charge in [-0.05, 0) is 44.4 Å². The SMILES string of the molecule is CO[C@H]1CCN(c2cc(C(=N)c3cc(OC4(C)CC4)ccc3N)ncn2)C1. The van der Waals surface area contributed by atoms with E-state index in [2.05, 4.69) is 21.8 Å². The molecule has 3 N–H and O–H groups in total. The third-order valence-corrected chi connectivity index (χ3v) is 5.32. The van der Waals surface area contributed by atoms with Gasteiger partial charge in [0.2, 0.25) is 0 Å². The first-order chi connectivity index (χ1) is 13.0. The second-order valence-electron chi connectivity index (χ2n) is 7.53. The fraction of sp³-hybridized carbons (Fsp3) is 0.450. The van der Waals surface area contributed by atoms with Gasteiger partial charge >= 0.3 is 0 Å². The summed E-state index contributed by atoms with van der Waals surface area (Å²) in [6, 6.07) is 7.32. The van der Waals surface area contributed by atoms with E-state index in [0.717, 1.165) is 43.9 Å². The van der Waals surface area contributed by atoms with Crippen LogP contribution in [0.5, 0.6) is 5.75 Å². The number of ether oxygens (including phenoxy) is 2. The maximum Gasteiger partial charge on any atom is 0.132 e. The average Bonchev–Trinajstić information content (AvgIpc) is 3.21. The minimum absolute atomic E-state index is 0.0781. The van der Waals surface area contributed by atoms with Gasteiger partial charge in [-0.3, -0.25) is 5.41 Å². The Balaban J connectivity index is 1.57. The maximum absolute atomic E-state index is 8.63.